The van der Waals surface area contributed by atoms with Crippen molar-refractivity contribution in [3.8, 4) is 0 Å². The van der Waals surface area contributed by atoms with Gasteiger partial charge < -0.3 is 0 Å². The highest BCUT2D eigenvalue weighted by atomic mass is 35.5. The Labute approximate surface area is 156 Å². The van der Waals surface area contributed by atoms with Crippen molar-refractivity contribution in [1.82, 2.24) is 0 Å². The maximum Gasteiger partial charge on any atom is 0.238 e. The molecule has 2 aromatic carbocycles. The normalized spacial score (nSPS) is 18.2. The molecule has 0 bridgehead atoms. The van der Waals surface area contributed by atoms with Gasteiger partial charge in [-0.3, -0.25) is 0 Å². The lowest BCUT2D eigenvalue weighted by Crippen LogP contribution is -2.11. The fraction of sp³-hybridized carbons (Fsp3) is 0.158. The molecule has 0 aromatic heterocycles. The van der Waals surface area contributed by atoms with Crippen LogP contribution in [0.4, 0.5) is 0 Å². The van der Waals surface area contributed by atoms with Gasteiger partial charge >= 0.3 is 0 Å². The number of hydrogen-bond acceptors (Lipinski definition) is 2. The molecule has 1 saturated carbocycles. The van der Waals surface area contributed by atoms with Crippen LogP contribution in [0.15, 0.2) is 59.5 Å². The van der Waals surface area contributed by atoms with Gasteiger partial charge in [0, 0.05) is 5.41 Å². The zero-order valence-electron chi connectivity index (χ0n) is 13.2. The van der Waals surface area contributed by atoms with Crippen molar-refractivity contribution in [2.24, 2.45) is 10.6 Å². The molecule has 0 amide bonds. The fourth-order valence-electron chi connectivity index (χ4n) is 3.17. The highest BCUT2D eigenvalue weighted by molar-refractivity contribution is 7.89. The number of sulfonamides is 1. The van der Waals surface area contributed by atoms with Crippen LogP contribution >= 0.6 is 23.2 Å². The number of benzene rings is 2. The molecule has 2 aliphatic carbocycles. The van der Waals surface area contributed by atoms with Gasteiger partial charge in [-0.25, -0.2) is 13.6 Å². The Bertz CT molecular complexity index is 1030. The Balaban J connectivity index is 1.78. The molecular formula is C19H15Cl2NO2S. The zero-order valence-corrected chi connectivity index (χ0v) is 15.5. The Morgan fingerprint density at radius 1 is 0.840 bits per heavy atom. The number of allylic oxidation sites excluding steroid dienone is 4. The standard InChI is InChI=1S/C19H15Cl2NO2S/c20-17-6-3-13(9-18(17)21)16-11-19(7-8-19)10-15(16)12-1-4-14(5-2-12)25(22,23)24/h1-6,9-11H,7-8H2,(H2,22,23,24). The van der Waals surface area contributed by atoms with E-state index in [0.717, 1.165) is 35.1 Å². The minimum absolute atomic E-state index is 0.107. The van der Waals surface area contributed by atoms with E-state index >= 15 is 0 Å². The summed E-state index contributed by atoms with van der Waals surface area (Å²) in [7, 11) is -3.70. The van der Waals surface area contributed by atoms with Crippen molar-refractivity contribution < 1.29 is 8.42 Å². The van der Waals surface area contributed by atoms with E-state index in [4.69, 9.17) is 28.3 Å². The Morgan fingerprint density at radius 3 is 1.92 bits per heavy atom. The van der Waals surface area contributed by atoms with Gasteiger partial charge in [0.15, 0.2) is 0 Å². The SMILES string of the molecule is NS(=O)(=O)c1ccc(C2=CC3(C=C2c2ccc(Cl)c(Cl)c2)CC3)cc1. The molecule has 2 aromatic rings. The van der Waals surface area contributed by atoms with Crippen LogP contribution in [0, 0.1) is 5.41 Å². The summed E-state index contributed by atoms with van der Waals surface area (Å²) in [5.74, 6) is 0. The summed E-state index contributed by atoms with van der Waals surface area (Å²) in [6.07, 6.45) is 6.78. The smallest absolute Gasteiger partial charge is 0.225 e. The molecule has 0 saturated heterocycles. The molecule has 1 spiro atoms. The highest BCUT2D eigenvalue weighted by Crippen LogP contribution is 2.57. The van der Waals surface area contributed by atoms with E-state index in [9.17, 15) is 8.42 Å². The van der Waals surface area contributed by atoms with Gasteiger partial charge in [0.05, 0.1) is 14.9 Å². The summed E-state index contributed by atoms with van der Waals surface area (Å²) in [6, 6.07) is 12.3. The summed E-state index contributed by atoms with van der Waals surface area (Å²) in [5.41, 5.74) is 4.25. The summed E-state index contributed by atoms with van der Waals surface area (Å²) in [4.78, 5) is 0.107. The van der Waals surface area contributed by atoms with Crippen molar-refractivity contribution in [3.63, 3.8) is 0 Å². The first-order valence-electron chi connectivity index (χ1n) is 7.82. The number of hydrogen-bond donors (Lipinski definition) is 1. The van der Waals surface area contributed by atoms with E-state index in [1.54, 1.807) is 18.2 Å². The maximum absolute atomic E-state index is 11.5. The molecule has 128 valence electrons. The van der Waals surface area contributed by atoms with Gasteiger partial charge in [-0.1, -0.05) is 53.6 Å². The number of nitrogens with two attached hydrogens (primary N) is 1. The van der Waals surface area contributed by atoms with Gasteiger partial charge in [-0.2, -0.15) is 0 Å². The molecule has 0 atom stereocenters. The molecule has 6 heteroatoms. The number of halogens is 2. The molecule has 0 aliphatic heterocycles. The van der Waals surface area contributed by atoms with Crippen LogP contribution in [0.3, 0.4) is 0 Å². The summed E-state index contributed by atoms with van der Waals surface area (Å²) < 4.78 is 22.9. The maximum atomic E-state index is 11.5. The summed E-state index contributed by atoms with van der Waals surface area (Å²) >= 11 is 12.2. The Morgan fingerprint density at radius 2 is 1.40 bits per heavy atom. The van der Waals surface area contributed by atoms with E-state index in [0.29, 0.717) is 10.0 Å². The molecule has 0 heterocycles. The topological polar surface area (TPSA) is 60.2 Å². The van der Waals surface area contributed by atoms with E-state index in [1.807, 2.05) is 12.1 Å². The van der Waals surface area contributed by atoms with Crippen LogP contribution in [0.1, 0.15) is 24.0 Å². The van der Waals surface area contributed by atoms with Crippen LogP contribution in [0.2, 0.25) is 10.0 Å². The molecule has 3 nitrogen and oxygen atoms in total. The predicted molar refractivity (Wildman–Crippen MR) is 102 cm³/mol. The second kappa shape index (κ2) is 5.71. The van der Waals surface area contributed by atoms with Crippen LogP contribution in [-0.2, 0) is 10.0 Å². The van der Waals surface area contributed by atoms with Gasteiger partial charge in [0.2, 0.25) is 10.0 Å². The predicted octanol–water partition coefficient (Wildman–Crippen LogP) is 4.90. The minimum atomic E-state index is -3.70. The van der Waals surface area contributed by atoms with Gasteiger partial charge in [0.25, 0.3) is 0 Å². The quantitative estimate of drug-likeness (QED) is 0.808. The van der Waals surface area contributed by atoms with Crippen molar-refractivity contribution in [1.29, 1.82) is 0 Å². The molecule has 0 radical (unpaired) electrons. The van der Waals surface area contributed by atoms with E-state index in [1.165, 1.54) is 12.1 Å². The lowest BCUT2D eigenvalue weighted by molar-refractivity contribution is 0.598. The second-order valence-corrected chi connectivity index (χ2v) is 8.92. The van der Waals surface area contributed by atoms with Crippen molar-refractivity contribution in [2.75, 3.05) is 0 Å². The van der Waals surface area contributed by atoms with Gasteiger partial charge in [-0.05, 0) is 59.4 Å². The van der Waals surface area contributed by atoms with Crippen LogP contribution in [-0.4, -0.2) is 8.42 Å². The third kappa shape index (κ3) is 3.15. The van der Waals surface area contributed by atoms with Gasteiger partial charge in [-0.15, -0.1) is 0 Å². The molecule has 4 rings (SSSR count). The summed E-state index contributed by atoms with van der Waals surface area (Å²) in [5, 5.41) is 6.22. The molecule has 0 unspecified atom stereocenters. The minimum Gasteiger partial charge on any atom is -0.225 e. The van der Waals surface area contributed by atoms with E-state index in [-0.39, 0.29) is 10.3 Å². The van der Waals surface area contributed by atoms with E-state index < -0.39 is 10.0 Å². The molecule has 25 heavy (non-hydrogen) atoms. The largest absolute Gasteiger partial charge is 0.238 e. The lowest BCUT2D eigenvalue weighted by atomic mass is 9.95. The van der Waals surface area contributed by atoms with Crippen molar-refractivity contribution in [3.05, 3.63) is 75.8 Å². The second-order valence-electron chi connectivity index (χ2n) is 6.55. The first-order chi connectivity index (χ1) is 11.8. The van der Waals surface area contributed by atoms with E-state index in [2.05, 4.69) is 12.2 Å². The number of rotatable bonds is 3. The average Bonchev–Trinajstić information content (AvgIpc) is 3.20. The first-order valence-corrected chi connectivity index (χ1v) is 10.1. The highest BCUT2D eigenvalue weighted by Gasteiger charge is 2.43. The lowest BCUT2D eigenvalue weighted by Gasteiger charge is -2.11. The van der Waals surface area contributed by atoms with Gasteiger partial charge in [0.1, 0.15) is 0 Å². The fourth-order valence-corrected chi connectivity index (χ4v) is 3.98. The number of primary sulfonamides is 1. The monoisotopic (exact) mass is 391 g/mol. The van der Waals surface area contributed by atoms with Crippen LogP contribution < -0.4 is 5.14 Å². The van der Waals surface area contributed by atoms with Crippen molar-refractivity contribution in [2.45, 2.75) is 17.7 Å². The average molecular weight is 392 g/mol. The summed E-state index contributed by atoms with van der Waals surface area (Å²) in [6.45, 7) is 0. The molecule has 2 aliphatic rings. The zero-order chi connectivity index (χ0) is 17.8. The Hall–Kier alpha value is -1.59. The molecule has 1 fully saturated rings. The molecule has 2 N–H and O–H groups in total. The Kier molecular flexibility index (Phi) is 3.85. The third-order valence-corrected chi connectivity index (χ3v) is 6.37. The first kappa shape index (κ1) is 16.9. The van der Waals surface area contributed by atoms with Crippen LogP contribution in [0.5, 0.6) is 0 Å². The van der Waals surface area contributed by atoms with Crippen LogP contribution in [0.25, 0.3) is 11.1 Å². The molecular weight excluding hydrogens is 377 g/mol. The van der Waals surface area contributed by atoms with Crippen molar-refractivity contribution >= 4 is 44.4 Å². The third-order valence-electron chi connectivity index (χ3n) is 4.71.